The SMILES string of the molecule is CC(C)[C@H]1CC[C@H](C)C[C@H]1OC1CCCCO1. The summed E-state index contributed by atoms with van der Waals surface area (Å²) in [4.78, 5) is 0. The normalized spacial score (nSPS) is 39.5. The number of ether oxygens (including phenoxy) is 2. The van der Waals surface area contributed by atoms with Crippen LogP contribution in [0.1, 0.15) is 59.3 Å². The Morgan fingerprint density at radius 2 is 1.94 bits per heavy atom. The number of rotatable bonds is 3. The monoisotopic (exact) mass is 240 g/mol. The molecule has 2 heteroatoms. The molecule has 4 atom stereocenters. The fourth-order valence-corrected chi connectivity index (χ4v) is 3.28. The minimum Gasteiger partial charge on any atom is -0.353 e. The lowest BCUT2D eigenvalue weighted by Gasteiger charge is -2.39. The minimum absolute atomic E-state index is 0.0836. The molecule has 2 nitrogen and oxygen atoms in total. The Morgan fingerprint density at radius 1 is 1.12 bits per heavy atom. The van der Waals surface area contributed by atoms with Gasteiger partial charge in [-0.2, -0.15) is 0 Å². The zero-order chi connectivity index (χ0) is 12.3. The summed E-state index contributed by atoms with van der Waals surface area (Å²) in [7, 11) is 0. The molecule has 1 heterocycles. The molecular weight excluding hydrogens is 212 g/mol. The lowest BCUT2D eigenvalue weighted by atomic mass is 9.75. The summed E-state index contributed by atoms with van der Waals surface area (Å²) in [6.45, 7) is 7.91. The third kappa shape index (κ3) is 3.69. The first-order valence-corrected chi connectivity index (χ1v) is 7.44. The van der Waals surface area contributed by atoms with E-state index in [0.29, 0.717) is 6.10 Å². The molecular formula is C15H28O2. The van der Waals surface area contributed by atoms with Crippen molar-refractivity contribution in [3.8, 4) is 0 Å². The van der Waals surface area contributed by atoms with E-state index >= 15 is 0 Å². The molecule has 0 bridgehead atoms. The molecule has 17 heavy (non-hydrogen) atoms. The predicted octanol–water partition coefficient (Wildman–Crippen LogP) is 3.99. The Kier molecular flexibility index (Phi) is 4.87. The van der Waals surface area contributed by atoms with Gasteiger partial charge >= 0.3 is 0 Å². The van der Waals surface area contributed by atoms with Crippen molar-refractivity contribution in [2.45, 2.75) is 71.7 Å². The first-order valence-electron chi connectivity index (χ1n) is 7.44. The van der Waals surface area contributed by atoms with Crippen molar-refractivity contribution in [2.75, 3.05) is 6.61 Å². The van der Waals surface area contributed by atoms with Gasteiger partial charge in [0, 0.05) is 6.61 Å². The van der Waals surface area contributed by atoms with Gasteiger partial charge in [0.1, 0.15) is 0 Å². The van der Waals surface area contributed by atoms with Gasteiger partial charge in [0.2, 0.25) is 0 Å². The van der Waals surface area contributed by atoms with E-state index in [-0.39, 0.29) is 6.29 Å². The summed E-state index contributed by atoms with van der Waals surface area (Å²) in [5.41, 5.74) is 0. The molecule has 100 valence electrons. The van der Waals surface area contributed by atoms with E-state index in [9.17, 15) is 0 Å². The largest absolute Gasteiger partial charge is 0.353 e. The van der Waals surface area contributed by atoms with Gasteiger partial charge in [-0.1, -0.05) is 27.2 Å². The molecule has 0 radical (unpaired) electrons. The van der Waals surface area contributed by atoms with E-state index in [1.807, 2.05) is 0 Å². The standard InChI is InChI=1S/C15H28O2/c1-11(2)13-8-7-12(3)10-14(13)17-15-6-4-5-9-16-15/h11-15H,4-10H2,1-3H3/t12-,13+,14+,15?/m0/s1. The first-order chi connectivity index (χ1) is 8.16. The first kappa shape index (κ1) is 13.4. The van der Waals surface area contributed by atoms with E-state index in [0.717, 1.165) is 30.8 Å². The van der Waals surface area contributed by atoms with Crippen molar-refractivity contribution >= 4 is 0 Å². The summed E-state index contributed by atoms with van der Waals surface area (Å²) < 4.78 is 12.0. The molecule has 1 saturated carbocycles. The summed E-state index contributed by atoms with van der Waals surface area (Å²) >= 11 is 0. The zero-order valence-electron chi connectivity index (χ0n) is 11.7. The van der Waals surface area contributed by atoms with E-state index < -0.39 is 0 Å². The molecule has 0 amide bonds. The van der Waals surface area contributed by atoms with Crippen molar-refractivity contribution < 1.29 is 9.47 Å². The molecule has 0 aromatic carbocycles. The van der Waals surface area contributed by atoms with Gasteiger partial charge in [-0.15, -0.1) is 0 Å². The van der Waals surface area contributed by atoms with Crippen LogP contribution >= 0.6 is 0 Å². The molecule has 2 rings (SSSR count). The Balaban J connectivity index is 1.89. The van der Waals surface area contributed by atoms with Crippen LogP contribution in [0.4, 0.5) is 0 Å². The minimum atomic E-state index is 0.0836. The Hall–Kier alpha value is -0.0800. The van der Waals surface area contributed by atoms with Gasteiger partial charge in [-0.3, -0.25) is 0 Å². The van der Waals surface area contributed by atoms with E-state index in [1.54, 1.807) is 0 Å². The second-order valence-electron chi connectivity index (χ2n) is 6.30. The van der Waals surface area contributed by atoms with Gasteiger partial charge in [0.25, 0.3) is 0 Å². The van der Waals surface area contributed by atoms with Crippen LogP contribution in [0.3, 0.4) is 0 Å². The summed E-state index contributed by atoms with van der Waals surface area (Å²) in [6.07, 6.45) is 8.00. The molecule has 1 saturated heterocycles. The highest BCUT2D eigenvalue weighted by Crippen LogP contribution is 2.36. The fraction of sp³-hybridized carbons (Fsp3) is 1.00. The molecule has 2 fully saturated rings. The van der Waals surface area contributed by atoms with Crippen molar-refractivity contribution in [1.29, 1.82) is 0 Å². The smallest absolute Gasteiger partial charge is 0.157 e. The molecule has 0 spiro atoms. The van der Waals surface area contributed by atoms with Crippen molar-refractivity contribution in [2.24, 2.45) is 17.8 Å². The quantitative estimate of drug-likeness (QED) is 0.742. The maximum atomic E-state index is 6.25. The van der Waals surface area contributed by atoms with Gasteiger partial charge in [-0.05, 0) is 49.9 Å². The third-order valence-corrected chi connectivity index (χ3v) is 4.43. The van der Waals surface area contributed by atoms with Crippen molar-refractivity contribution in [3.05, 3.63) is 0 Å². The van der Waals surface area contributed by atoms with Gasteiger partial charge in [0.05, 0.1) is 6.10 Å². The van der Waals surface area contributed by atoms with Crippen LogP contribution in [0.2, 0.25) is 0 Å². The Morgan fingerprint density at radius 3 is 2.59 bits per heavy atom. The lowest BCUT2D eigenvalue weighted by molar-refractivity contribution is -0.210. The molecule has 0 N–H and O–H groups in total. The molecule has 1 unspecified atom stereocenters. The second kappa shape index (κ2) is 6.19. The number of hydrogen-bond acceptors (Lipinski definition) is 2. The van der Waals surface area contributed by atoms with Crippen LogP contribution in [0.5, 0.6) is 0 Å². The average Bonchev–Trinajstić information content (AvgIpc) is 2.30. The highest BCUT2D eigenvalue weighted by atomic mass is 16.7. The van der Waals surface area contributed by atoms with Crippen LogP contribution in [0.25, 0.3) is 0 Å². The molecule has 2 aliphatic rings. The van der Waals surface area contributed by atoms with Crippen molar-refractivity contribution in [3.63, 3.8) is 0 Å². The molecule has 1 aliphatic heterocycles. The zero-order valence-corrected chi connectivity index (χ0v) is 11.7. The van der Waals surface area contributed by atoms with Gasteiger partial charge in [0.15, 0.2) is 6.29 Å². The predicted molar refractivity (Wildman–Crippen MR) is 69.8 cm³/mol. The van der Waals surface area contributed by atoms with E-state index in [2.05, 4.69) is 20.8 Å². The average molecular weight is 240 g/mol. The Bertz CT molecular complexity index is 221. The van der Waals surface area contributed by atoms with Gasteiger partial charge in [-0.25, -0.2) is 0 Å². The topological polar surface area (TPSA) is 18.5 Å². The summed E-state index contributed by atoms with van der Waals surface area (Å²) in [6, 6.07) is 0. The maximum absolute atomic E-state index is 6.25. The molecule has 0 aromatic heterocycles. The van der Waals surface area contributed by atoms with Crippen LogP contribution in [-0.2, 0) is 9.47 Å². The second-order valence-corrected chi connectivity index (χ2v) is 6.30. The van der Waals surface area contributed by atoms with Crippen LogP contribution in [0.15, 0.2) is 0 Å². The lowest BCUT2D eigenvalue weighted by Crippen LogP contribution is -2.38. The van der Waals surface area contributed by atoms with Crippen LogP contribution < -0.4 is 0 Å². The Labute approximate surface area is 106 Å². The number of hydrogen-bond donors (Lipinski definition) is 0. The fourth-order valence-electron chi connectivity index (χ4n) is 3.28. The van der Waals surface area contributed by atoms with Crippen molar-refractivity contribution in [1.82, 2.24) is 0 Å². The highest BCUT2D eigenvalue weighted by molar-refractivity contribution is 4.81. The summed E-state index contributed by atoms with van der Waals surface area (Å²) in [5, 5.41) is 0. The van der Waals surface area contributed by atoms with Crippen LogP contribution in [-0.4, -0.2) is 19.0 Å². The third-order valence-electron chi connectivity index (χ3n) is 4.43. The van der Waals surface area contributed by atoms with Crippen LogP contribution in [0, 0.1) is 17.8 Å². The summed E-state index contributed by atoms with van der Waals surface area (Å²) in [5.74, 6) is 2.28. The van der Waals surface area contributed by atoms with E-state index in [1.165, 1.54) is 32.1 Å². The molecule has 0 aromatic rings. The van der Waals surface area contributed by atoms with Gasteiger partial charge < -0.3 is 9.47 Å². The molecule has 1 aliphatic carbocycles. The van der Waals surface area contributed by atoms with E-state index in [4.69, 9.17) is 9.47 Å². The maximum Gasteiger partial charge on any atom is 0.157 e. The highest BCUT2D eigenvalue weighted by Gasteiger charge is 2.33.